The van der Waals surface area contributed by atoms with Crippen molar-refractivity contribution in [3.63, 3.8) is 0 Å². The molecule has 1 saturated heterocycles. The van der Waals surface area contributed by atoms with Crippen molar-refractivity contribution in [3.8, 4) is 0 Å². The van der Waals surface area contributed by atoms with Gasteiger partial charge >= 0.3 is 0 Å². The van der Waals surface area contributed by atoms with Crippen LogP contribution in [0.1, 0.15) is 6.92 Å². The van der Waals surface area contributed by atoms with Gasteiger partial charge in [-0.15, -0.1) is 0 Å². The molecule has 1 atom stereocenters. The molecule has 0 spiro atoms. The van der Waals surface area contributed by atoms with Crippen molar-refractivity contribution < 1.29 is 4.74 Å². The van der Waals surface area contributed by atoms with Crippen LogP contribution >= 0.6 is 0 Å². The normalized spacial score (nSPS) is 26.0. The summed E-state index contributed by atoms with van der Waals surface area (Å²) >= 11 is 0. The molecule has 1 radical (unpaired) electrons. The van der Waals surface area contributed by atoms with Crippen LogP contribution in [-0.2, 0) is 4.74 Å². The van der Waals surface area contributed by atoms with Gasteiger partial charge in [0.25, 0.3) is 0 Å². The van der Waals surface area contributed by atoms with E-state index < -0.39 is 0 Å². The van der Waals surface area contributed by atoms with Crippen molar-refractivity contribution in [2.75, 3.05) is 19.7 Å². The first-order chi connectivity index (χ1) is 4.30. The Morgan fingerprint density at radius 1 is 1.78 bits per heavy atom. The second-order valence-electron chi connectivity index (χ2n) is 2.28. The molecule has 1 rings (SSSR count). The van der Waals surface area contributed by atoms with Crippen LogP contribution in [0.5, 0.6) is 0 Å². The minimum atomic E-state index is 0.0674. The maximum atomic E-state index is 5.57. The highest BCUT2D eigenvalue weighted by molar-refractivity contribution is 4.92. The van der Waals surface area contributed by atoms with Gasteiger partial charge in [0, 0.05) is 19.1 Å². The molecule has 0 saturated carbocycles. The van der Waals surface area contributed by atoms with Crippen LogP contribution in [0.25, 0.3) is 0 Å². The van der Waals surface area contributed by atoms with Gasteiger partial charge in [-0.05, 0) is 6.92 Å². The maximum absolute atomic E-state index is 5.57. The van der Waals surface area contributed by atoms with E-state index in [-0.39, 0.29) is 6.04 Å². The Morgan fingerprint density at radius 3 is 2.89 bits per heavy atom. The lowest BCUT2D eigenvalue weighted by Gasteiger charge is -2.24. The predicted octanol–water partition coefficient (Wildman–Crippen LogP) is -0.515. The minimum Gasteiger partial charge on any atom is -0.368 e. The topological polar surface area (TPSA) is 47.3 Å². The average molecular weight is 129 g/mol. The molecule has 0 aromatic rings. The van der Waals surface area contributed by atoms with Crippen LogP contribution in [0.15, 0.2) is 0 Å². The monoisotopic (exact) mass is 129 g/mol. The Morgan fingerprint density at radius 2 is 2.56 bits per heavy atom. The van der Waals surface area contributed by atoms with E-state index >= 15 is 0 Å². The van der Waals surface area contributed by atoms with E-state index in [4.69, 9.17) is 10.5 Å². The minimum absolute atomic E-state index is 0.0674. The highest BCUT2D eigenvalue weighted by Crippen LogP contribution is 2.07. The first kappa shape index (κ1) is 6.99. The molecule has 1 fully saturated rings. The van der Waals surface area contributed by atoms with Crippen LogP contribution in [0, 0.1) is 6.10 Å². The molecule has 3 nitrogen and oxygen atoms in total. The van der Waals surface area contributed by atoms with Crippen molar-refractivity contribution in [2.24, 2.45) is 5.73 Å². The van der Waals surface area contributed by atoms with E-state index in [1.54, 1.807) is 0 Å². The molecule has 1 heterocycles. The molecule has 1 aliphatic heterocycles. The van der Waals surface area contributed by atoms with Crippen LogP contribution in [-0.4, -0.2) is 25.7 Å². The molecule has 53 valence electrons. The molecule has 0 aromatic heterocycles. The third kappa shape index (κ3) is 1.93. The lowest BCUT2D eigenvalue weighted by molar-refractivity contribution is 0.0980. The molecule has 3 heteroatoms. The second kappa shape index (κ2) is 3.15. The van der Waals surface area contributed by atoms with Crippen molar-refractivity contribution in [1.29, 1.82) is 0 Å². The average Bonchev–Trinajstić information content (AvgIpc) is 1.90. The molecule has 9 heavy (non-hydrogen) atoms. The summed E-state index contributed by atoms with van der Waals surface area (Å²) in [6.45, 7) is 4.45. The number of morpholine rings is 1. The molecule has 0 bridgehead atoms. The van der Waals surface area contributed by atoms with Crippen molar-refractivity contribution in [3.05, 3.63) is 6.10 Å². The first-order valence-corrected chi connectivity index (χ1v) is 3.25. The van der Waals surface area contributed by atoms with Gasteiger partial charge in [-0.3, -0.25) is 0 Å². The summed E-state index contributed by atoms with van der Waals surface area (Å²) in [6.07, 6.45) is 0.973. The highest BCUT2D eigenvalue weighted by atomic mass is 16.5. The fourth-order valence-electron chi connectivity index (χ4n) is 0.809. The first-order valence-electron chi connectivity index (χ1n) is 3.25. The largest absolute Gasteiger partial charge is 0.368 e. The smallest absolute Gasteiger partial charge is 0.127 e. The van der Waals surface area contributed by atoms with Crippen molar-refractivity contribution >= 4 is 0 Å². The fraction of sp³-hybridized carbons (Fsp3) is 0.833. The fourth-order valence-corrected chi connectivity index (χ4v) is 0.809. The van der Waals surface area contributed by atoms with Gasteiger partial charge in [-0.2, -0.15) is 0 Å². The molecule has 0 amide bonds. The Hall–Kier alpha value is -0.120. The zero-order valence-electron chi connectivity index (χ0n) is 5.68. The Balaban J connectivity index is 2.23. The van der Waals surface area contributed by atoms with Crippen molar-refractivity contribution in [1.82, 2.24) is 5.32 Å². The van der Waals surface area contributed by atoms with E-state index in [0.29, 0.717) is 0 Å². The van der Waals surface area contributed by atoms with E-state index in [9.17, 15) is 0 Å². The SMILES string of the molecule is CC(N)[C]1CNCCO1. The van der Waals surface area contributed by atoms with Gasteiger partial charge in [0.1, 0.15) is 6.10 Å². The van der Waals surface area contributed by atoms with Gasteiger partial charge in [0.2, 0.25) is 0 Å². The molecule has 0 aromatic carbocycles. The lowest BCUT2D eigenvalue weighted by Crippen LogP contribution is -2.41. The Bertz CT molecular complexity index is 79.1. The zero-order valence-corrected chi connectivity index (χ0v) is 5.68. The summed E-state index contributed by atoms with van der Waals surface area (Å²) in [6, 6.07) is 0.0674. The zero-order chi connectivity index (χ0) is 6.69. The summed E-state index contributed by atoms with van der Waals surface area (Å²) in [4.78, 5) is 0. The van der Waals surface area contributed by atoms with Crippen LogP contribution in [0.2, 0.25) is 0 Å². The Labute approximate surface area is 55.6 Å². The molecular formula is C6H13N2O. The molecule has 3 N–H and O–H groups in total. The predicted molar refractivity (Wildman–Crippen MR) is 35.7 cm³/mol. The maximum Gasteiger partial charge on any atom is 0.127 e. The third-order valence-electron chi connectivity index (χ3n) is 1.37. The summed E-state index contributed by atoms with van der Waals surface area (Å²) in [5.74, 6) is 0. The van der Waals surface area contributed by atoms with Crippen LogP contribution in [0.3, 0.4) is 0 Å². The van der Waals surface area contributed by atoms with E-state index in [1.807, 2.05) is 6.92 Å². The van der Waals surface area contributed by atoms with Gasteiger partial charge < -0.3 is 15.8 Å². The van der Waals surface area contributed by atoms with Gasteiger partial charge in [0.15, 0.2) is 0 Å². The van der Waals surface area contributed by atoms with E-state index in [1.165, 1.54) is 0 Å². The standard InChI is InChI=1S/C6H13N2O/c1-5(7)6-4-8-2-3-9-6/h5,8H,2-4,7H2,1H3. The van der Waals surface area contributed by atoms with Crippen molar-refractivity contribution in [2.45, 2.75) is 13.0 Å². The molecular weight excluding hydrogens is 116 g/mol. The Kier molecular flexibility index (Phi) is 2.45. The molecule has 0 aliphatic carbocycles. The van der Waals surface area contributed by atoms with Crippen LogP contribution < -0.4 is 11.1 Å². The van der Waals surface area contributed by atoms with Gasteiger partial charge in [-0.1, -0.05) is 0 Å². The van der Waals surface area contributed by atoms with Gasteiger partial charge in [-0.25, -0.2) is 0 Å². The third-order valence-corrected chi connectivity index (χ3v) is 1.37. The van der Waals surface area contributed by atoms with E-state index in [2.05, 4.69) is 5.32 Å². The summed E-state index contributed by atoms with van der Waals surface area (Å²) < 4.78 is 5.27. The number of rotatable bonds is 1. The number of ether oxygens (including phenoxy) is 1. The number of hydrogen-bond donors (Lipinski definition) is 2. The van der Waals surface area contributed by atoms with Crippen LogP contribution in [0.4, 0.5) is 0 Å². The quantitative estimate of drug-likeness (QED) is 0.501. The number of hydrogen-bond acceptors (Lipinski definition) is 3. The number of nitrogens with two attached hydrogens (primary N) is 1. The summed E-state index contributed by atoms with van der Waals surface area (Å²) in [5, 5.41) is 3.17. The molecule has 1 aliphatic rings. The second-order valence-corrected chi connectivity index (χ2v) is 2.28. The molecule has 1 unspecified atom stereocenters. The summed E-state index contributed by atoms with van der Waals surface area (Å²) in [7, 11) is 0. The van der Waals surface area contributed by atoms with E-state index in [0.717, 1.165) is 25.8 Å². The number of nitrogens with one attached hydrogen (secondary N) is 1. The lowest BCUT2D eigenvalue weighted by atomic mass is 10.2. The van der Waals surface area contributed by atoms with Gasteiger partial charge in [0.05, 0.1) is 6.61 Å². The summed E-state index contributed by atoms with van der Waals surface area (Å²) in [5.41, 5.74) is 5.57. The highest BCUT2D eigenvalue weighted by Gasteiger charge is 2.17.